The number of ketones is 1. The van der Waals surface area contributed by atoms with Gasteiger partial charge >= 0.3 is 11.7 Å². The molecule has 1 saturated carbocycles. The van der Waals surface area contributed by atoms with Crippen molar-refractivity contribution in [1.82, 2.24) is 0 Å². The average molecular weight is 491 g/mol. The van der Waals surface area contributed by atoms with Gasteiger partial charge in [0.15, 0.2) is 12.2 Å². The van der Waals surface area contributed by atoms with Gasteiger partial charge in [-0.2, -0.15) is 0 Å². The number of hydrogen-bond donors (Lipinski definition) is 3. The molecule has 35 heavy (non-hydrogen) atoms. The Labute approximate surface area is 200 Å². The highest BCUT2D eigenvalue weighted by Crippen LogP contribution is 2.38. The summed E-state index contributed by atoms with van der Waals surface area (Å²) in [5.74, 6) is -0.284. The van der Waals surface area contributed by atoms with Gasteiger partial charge in [-0.15, -0.1) is 0 Å². The van der Waals surface area contributed by atoms with Crippen molar-refractivity contribution in [3.63, 3.8) is 0 Å². The van der Waals surface area contributed by atoms with E-state index in [-0.39, 0.29) is 46.2 Å². The normalized spacial score (nSPS) is 25.9. The van der Waals surface area contributed by atoms with E-state index in [0.29, 0.717) is 5.56 Å². The van der Waals surface area contributed by atoms with Crippen LogP contribution in [0.4, 0.5) is 4.79 Å². The molecule has 1 aliphatic carbocycles. The van der Waals surface area contributed by atoms with E-state index in [1.807, 2.05) is 0 Å². The van der Waals surface area contributed by atoms with Gasteiger partial charge in [0.2, 0.25) is 6.29 Å². The molecule has 1 aromatic carbocycles. The van der Waals surface area contributed by atoms with Crippen molar-refractivity contribution >= 4 is 22.8 Å². The van der Waals surface area contributed by atoms with Gasteiger partial charge in [-0.1, -0.05) is 0 Å². The molecule has 1 aromatic heterocycles. The molecule has 1 saturated heterocycles. The van der Waals surface area contributed by atoms with Crippen molar-refractivity contribution in [3.8, 4) is 11.5 Å². The number of Topliss-reactive ketones (excluding diaryl/α,β-unsaturated/α-hetero) is 1. The Balaban J connectivity index is 1.66. The molecule has 2 aliphatic rings. The molecule has 0 spiro atoms. The lowest BCUT2D eigenvalue weighted by Gasteiger charge is -2.47. The maximum Gasteiger partial charge on any atom is 0.404 e. The number of carbonyl (C=O) groups excluding carboxylic acids is 2. The number of methoxy groups -OCH3 is 1. The number of ether oxygens (including phenoxy) is 4. The SMILES string of the molecule is CO[C@@H]1[C@@H](OC(N)=O)[C@@H](O)[C@H](Oc2ccc3c(O)c(CC(=O)C4CC4)c(=O)oc3c2C)OC1(C)C. The van der Waals surface area contributed by atoms with E-state index in [1.165, 1.54) is 19.2 Å². The van der Waals surface area contributed by atoms with E-state index < -0.39 is 41.9 Å². The number of hydrogen-bond acceptors (Lipinski definition) is 10. The van der Waals surface area contributed by atoms with Crippen LogP contribution in [0.5, 0.6) is 11.5 Å². The fraction of sp³-hybridized carbons (Fsp3) is 0.542. The van der Waals surface area contributed by atoms with E-state index in [4.69, 9.17) is 29.1 Å². The molecule has 0 unspecified atom stereocenters. The zero-order valence-electron chi connectivity index (χ0n) is 19.9. The highest BCUT2D eigenvalue weighted by atomic mass is 16.7. The number of aliphatic hydroxyl groups is 1. The van der Waals surface area contributed by atoms with Gasteiger partial charge in [-0.3, -0.25) is 4.79 Å². The second-order valence-corrected chi connectivity index (χ2v) is 9.46. The van der Waals surface area contributed by atoms with E-state index in [0.717, 1.165) is 12.8 Å². The first-order chi connectivity index (χ1) is 16.4. The number of aliphatic hydroxyl groups excluding tert-OH is 1. The molecule has 1 amide bonds. The monoisotopic (exact) mass is 491 g/mol. The third-order valence-electron chi connectivity index (χ3n) is 6.49. The summed E-state index contributed by atoms with van der Waals surface area (Å²) in [7, 11) is 1.38. The van der Waals surface area contributed by atoms with Crippen LogP contribution >= 0.6 is 0 Å². The molecule has 2 fully saturated rings. The number of amides is 1. The maximum atomic E-state index is 12.6. The van der Waals surface area contributed by atoms with Gasteiger partial charge in [-0.25, -0.2) is 9.59 Å². The average Bonchev–Trinajstić information content (AvgIpc) is 3.62. The Bertz CT molecular complexity index is 1210. The molecule has 4 N–H and O–H groups in total. The summed E-state index contributed by atoms with van der Waals surface area (Å²) in [5, 5.41) is 21.8. The molecular formula is C24H29NO10. The van der Waals surface area contributed by atoms with E-state index >= 15 is 0 Å². The van der Waals surface area contributed by atoms with Gasteiger partial charge in [0.05, 0.1) is 16.6 Å². The van der Waals surface area contributed by atoms with Crippen molar-refractivity contribution in [2.24, 2.45) is 11.7 Å². The lowest BCUT2D eigenvalue weighted by molar-refractivity contribution is -0.304. The van der Waals surface area contributed by atoms with Crippen molar-refractivity contribution in [2.45, 2.75) is 70.2 Å². The van der Waals surface area contributed by atoms with Gasteiger partial charge in [0.25, 0.3) is 0 Å². The standard InChI is InChI=1S/C24H29NO10/c1-10-15(32-22-17(28)19(34-23(25)30)20(31-4)24(2,3)35-22)8-7-12-16(27)13(21(29)33-18(10)12)9-14(26)11-5-6-11/h7-8,11,17,19-20,22,27-28H,5-6,9H2,1-4H3,(H2,25,30)/t17-,19+,20-,22-/m1/s1. The Hall–Kier alpha value is -3.15. The van der Waals surface area contributed by atoms with Crippen LogP contribution in [0.3, 0.4) is 0 Å². The molecule has 11 heteroatoms. The fourth-order valence-corrected chi connectivity index (χ4v) is 4.48. The summed E-state index contributed by atoms with van der Waals surface area (Å²) in [6.07, 6.45) is -4.48. The topological polar surface area (TPSA) is 168 Å². The van der Waals surface area contributed by atoms with Crippen molar-refractivity contribution in [3.05, 3.63) is 33.7 Å². The van der Waals surface area contributed by atoms with E-state index in [1.54, 1.807) is 20.8 Å². The number of carbonyl (C=O) groups is 2. The minimum absolute atomic E-state index is 0.0618. The molecule has 0 radical (unpaired) electrons. The van der Waals surface area contributed by atoms with Crippen LogP contribution in [0.2, 0.25) is 0 Å². The largest absolute Gasteiger partial charge is 0.507 e. The molecule has 2 heterocycles. The van der Waals surface area contributed by atoms with Crippen molar-refractivity contribution in [1.29, 1.82) is 0 Å². The van der Waals surface area contributed by atoms with Crippen LogP contribution in [-0.2, 0) is 25.4 Å². The number of benzene rings is 1. The number of fused-ring (bicyclic) bond motifs is 1. The third kappa shape index (κ3) is 4.71. The van der Waals surface area contributed by atoms with Crippen LogP contribution in [0.25, 0.3) is 11.0 Å². The molecule has 190 valence electrons. The predicted molar refractivity (Wildman–Crippen MR) is 121 cm³/mol. The highest BCUT2D eigenvalue weighted by molar-refractivity contribution is 5.91. The number of rotatable bonds is 7. The Morgan fingerprint density at radius 3 is 2.54 bits per heavy atom. The number of nitrogens with two attached hydrogens (primary N) is 1. The number of primary amides is 1. The van der Waals surface area contributed by atoms with Crippen LogP contribution in [0, 0.1) is 12.8 Å². The summed E-state index contributed by atoms with van der Waals surface area (Å²) in [4.78, 5) is 36.2. The molecule has 4 rings (SSSR count). The van der Waals surface area contributed by atoms with Crippen LogP contribution in [0.1, 0.15) is 37.8 Å². The summed E-state index contributed by atoms with van der Waals surface area (Å²) in [5.41, 5.74) is 3.66. The first-order valence-electron chi connectivity index (χ1n) is 11.3. The number of aryl methyl sites for hydroxylation is 1. The maximum absolute atomic E-state index is 12.6. The van der Waals surface area contributed by atoms with Gasteiger partial charge in [0, 0.05) is 25.0 Å². The summed E-state index contributed by atoms with van der Waals surface area (Å²) < 4.78 is 27.7. The molecular weight excluding hydrogens is 462 g/mol. The van der Waals surface area contributed by atoms with E-state index in [2.05, 4.69) is 0 Å². The molecule has 0 bridgehead atoms. The minimum atomic E-state index is -1.47. The van der Waals surface area contributed by atoms with Crippen LogP contribution in [-0.4, -0.2) is 59.4 Å². The zero-order chi connectivity index (χ0) is 25.7. The highest BCUT2D eigenvalue weighted by Gasteiger charge is 2.53. The van der Waals surface area contributed by atoms with Gasteiger partial charge < -0.3 is 39.3 Å². The second kappa shape index (κ2) is 9.14. The number of aromatic hydroxyl groups is 1. The fourth-order valence-electron chi connectivity index (χ4n) is 4.48. The predicted octanol–water partition coefficient (Wildman–Crippen LogP) is 1.68. The van der Waals surface area contributed by atoms with Crippen molar-refractivity contribution in [2.75, 3.05) is 7.11 Å². The first-order valence-corrected chi connectivity index (χ1v) is 11.3. The Kier molecular flexibility index (Phi) is 6.52. The summed E-state index contributed by atoms with van der Waals surface area (Å²) >= 11 is 0. The Morgan fingerprint density at radius 2 is 1.94 bits per heavy atom. The lowest BCUT2D eigenvalue weighted by Crippen LogP contribution is -2.65. The summed E-state index contributed by atoms with van der Waals surface area (Å²) in [6.45, 7) is 4.95. The van der Waals surface area contributed by atoms with Crippen LogP contribution < -0.4 is 16.1 Å². The molecule has 2 aromatic rings. The summed E-state index contributed by atoms with van der Waals surface area (Å²) in [6, 6.07) is 3.00. The van der Waals surface area contributed by atoms with Crippen LogP contribution in [0.15, 0.2) is 21.3 Å². The zero-order valence-corrected chi connectivity index (χ0v) is 19.9. The lowest BCUT2D eigenvalue weighted by atomic mass is 9.89. The van der Waals surface area contributed by atoms with Gasteiger partial charge in [-0.05, 0) is 45.7 Å². The minimum Gasteiger partial charge on any atom is -0.507 e. The molecule has 4 atom stereocenters. The van der Waals surface area contributed by atoms with Crippen molar-refractivity contribution < 1.29 is 43.2 Å². The Morgan fingerprint density at radius 1 is 1.26 bits per heavy atom. The van der Waals surface area contributed by atoms with E-state index in [9.17, 15) is 24.6 Å². The quantitative estimate of drug-likeness (QED) is 0.485. The molecule has 1 aliphatic heterocycles. The third-order valence-corrected chi connectivity index (χ3v) is 6.49. The van der Waals surface area contributed by atoms with Gasteiger partial charge in [0.1, 0.15) is 29.0 Å². The second-order valence-electron chi connectivity index (χ2n) is 9.46. The first kappa shape index (κ1) is 25.0. The smallest absolute Gasteiger partial charge is 0.404 e. The molecule has 11 nitrogen and oxygen atoms in total.